The normalized spacial score (nSPS) is 11.0. The van der Waals surface area contributed by atoms with Crippen molar-refractivity contribution in [2.24, 2.45) is 0 Å². The lowest BCUT2D eigenvalue weighted by molar-refractivity contribution is 0.391. The molecular formula is C20H19BFN5O3. The Hall–Kier alpha value is -3.50. The van der Waals surface area contributed by atoms with E-state index < -0.39 is 7.12 Å². The second kappa shape index (κ2) is 8.09. The largest absolute Gasteiger partial charge is 0.489 e. The molecule has 152 valence electrons. The van der Waals surface area contributed by atoms with Gasteiger partial charge in [0, 0.05) is 17.6 Å². The van der Waals surface area contributed by atoms with E-state index in [1.165, 1.54) is 19.2 Å². The fraction of sp³-hybridized carbons (Fsp3) is 0.150. The Morgan fingerprint density at radius 2 is 1.93 bits per heavy atom. The molecule has 0 amide bonds. The molecule has 2 heterocycles. The molecule has 0 aliphatic carbocycles. The molecule has 0 saturated carbocycles. The lowest BCUT2D eigenvalue weighted by Gasteiger charge is -2.12. The highest BCUT2D eigenvalue weighted by molar-refractivity contribution is 6.61. The zero-order valence-electron chi connectivity index (χ0n) is 16.4. The van der Waals surface area contributed by atoms with E-state index in [-0.39, 0.29) is 17.6 Å². The topological polar surface area (TPSA) is 105 Å². The molecule has 0 fully saturated rings. The average Bonchev–Trinajstić information content (AvgIpc) is 3.07. The van der Waals surface area contributed by atoms with E-state index in [4.69, 9.17) is 4.74 Å². The number of fused-ring (bicyclic) bond motifs is 1. The van der Waals surface area contributed by atoms with Gasteiger partial charge in [0.25, 0.3) is 11.8 Å². The lowest BCUT2D eigenvalue weighted by Crippen LogP contribution is -2.30. The summed E-state index contributed by atoms with van der Waals surface area (Å²) >= 11 is 0. The maximum absolute atomic E-state index is 13.4. The van der Waals surface area contributed by atoms with Crippen molar-refractivity contribution in [3.8, 4) is 11.8 Å². The van der Waals surface area contributed by atoms with Crippen LogP contribution in [0.3, 0.4) is 0 Å². The minimum Gasteiger partial charge on any atom is -0.477 e. The van der Waals surface area contributed by atoms with Gasteiger partial charge in [0.15, 0.2) is 5.82 Å². The third-order valence-corrected chi connectivity index (χ3v) is 4.73. The molecule has 2 aromatic heterocycles. The molecule has 30 heavy (non-hydrogen) atoms. The summed E-state index contributed by atoms with van der Waals surface area (Å²) in [6, 6.07) is 13.3. The standard InChI is InChI=1S/C20H19BFN5O3/c1-12-9-15-16(21(28)29)7-4-8-17(15)27(12)20-24-18(19(30-2)25-26-20)23-11-13-5-3-6-14(22)10-13/h3-10,28-29H,11H2,1-2H3,(H,23,24,26). The Labute approximate surface area is 172 Å². The monoisotopic (exact) mass is 407 g/mol. The van der Waals surface area contributed by atoms with Gasteiger partial charge in [-0.25, -0.2) is 4.39 Å². The second-order valence-electron chi connectivity index (χ2n) is 6.73. The van der Waals surface area contributed by atoms with Crippen LogP contribution in [-0.2, 0) is 6.54 Å². The van der Waals surface area contributed by atoms with Crippen molar-refractivity contribution in [2.75, 3.05) is 12.4 Å². The maximum Gasteiger partial charge on any atom is 0.489 e. The van der Waals surface area contributed by atoms with Crippen LogP contribution in [0.4, 0.5) is 10.2 Å². The van der Waals surface area contributed by atoms with E-state index >= 15 is 0 Å². The summed E-state index contributed by atoms with van der Waals surface area (Å²) in [5, 5.41) is 31.3. The van der Waals surface area contributed by atoms with E-state index in [9.17, 15) is 14.4 Å². The predicted molar refractivity (Wildman–Crippen MR) is 112 cm³/mol. The van der Waals surface area contributed by atoms with Crippen molar-refractivity contribution in [3.05, 3.63) is 65.6 Å². The van der Waals surface area contributed by atoms with Crippen molar-refractivity contribution in [1.82, 2.24) is 19.7 Å². The molecule has 2 aromatic carbocycles. The Balaban J connectivity index is 1.74. The Morgan fingerprint density at radius 1 is 1.13 bits per heavy atom. The number of ether oxygens (including phenoxy) is 1. The second-order valence-corrected chi connectivity index (χ2v) is 6.73. The predicted octanol–water partition coefficient (Wildman–Crippen LogP) is 1.56. The van der Waals surface area contributed by atoms with Gasteiger partial charge in [-0.2, -0.15) is 4.98 Å². The smallest absolute Gasteiger partial charge is 0.477 e. The minimum atomic E-state index is -1.60. The van der Waals surface area contributed by atoms with Crippen molar-refractivity contribution >= 4 is 29.3 Å². The first-order valence-electron chi connectivity index (χ1n) is 9.22. The minimum absolute atomic E-state index is 0.204. The molecule has 0 radical (unpaired) electrons. The maximum atomic E-state index is 13.4. The van der Waals surface area contributed by atoms with E-state index in [0.29, 0.717) is 28.7 Å². The number of nitrogens with one attached hydrogen (secondary N) is 1. The molecule has 8 nitrogen and oxygen atoms in total. The van der Waals surface area contributed by atoms with E-state index in [0.717, 1.165) is 11.3 Å². The summed E-state index contributed by atoms with van der Waals surface area (Å²) in [4.78, 5) is 4.54. The Bertz CT molecular complexity index is 1210. The quantitative estimate of drug-likeness (QED) is 0.417. The van der Waals surface area contributed by atoms with Crippen LogP contribution in [0, 0.1) is 12.7 Å². The number of anilines is 1. The first-order chi connectivity index (χ1) is 14.5. The van der Waals surface area contributed by atoms with E-state index in [2.05, 4.69) is 20.5 Å². The number of rotatable bonds is 6. The first-order valence-corrected chi connectivity index (χ1v) is 9.22. The third-order valence-electron chi connectivity index (χ3n) is 4.73. The number of nitrogens with zero attached hydrogens (tertiary/aromatic N) is 4. The molecule has 0 saturated heterocycles. The zero-order valence-corrected chi connectivity index (χ0v) is 16.4. The summed E-state index contributed by atoms with van der Waals surface area (Å²) < 4.78 is 20.5. The van der Waals surface area contributed by atoms with Gasteiger partial charge in [0.1, 0.15) is 5.82 Å². The van der Waals surface area contributed by atoms with Crippen molar-refractivity contribution < 1.29 is 19.2 Å². The third kappa shape index (κ3) is 3.70. The van der Waals surface area contributed by atoms with Crippen molar-refractivity contribution in [3.63, 3.8) is 0 Å². The van der Waals surface area contributed by atoms with Crippen LogP contribution < -0.4 is 15.5 Å². The number of aromatic nitrogens is 4. The van der Waals surface area contributed by atoms with Crippen LogP contribution in [0.15, 0.2) is 48.5 Å². The summed E-state index contributed by atoms with van der Waals surface area (Å²) in [5.74, 6) is 0.524. The summed E-state index contributed by atoms with van der Waals surface area (Å²) in [6.07, 6.45) is 0. The number of benzene rings is 2. The van der Waals surface area contributed by atoms with Gasteiger partial charge in [-0.15, -0.1) is 10.2 Å². The molecule has 0 aliphatic heterocycles. The molecule has 3 N–H and O–H groups in total. The van der Waals surface area contributed by atoms with Crippen LogP contribution in [0.1, 0.15) is 11.3 Å². The zero-order chi connectivity index (χ0) is 21.3. The van der Waals surface area contributed by atoms with Crippen LogP contribution in [0.25, 0.3) is 16.9 Å². The fourth-order valence-corrected chi connectivity index (χ4v) is 3.36. The molecule has 0 bridgehead atoms. The first kappa shape index (κ1) is 19.8. The van der Waals surface area contributed by atoms with Gasteiger partial charge in [-0.05, 0) is 42.2 Å². The number of hydrogen-bond donors (Lipinski definition) is 3. The van der Waals surface area contributed by atoms with Gasteiger partial charge in [0.2, 0.25) is 0 Å². The molecule has 0 unspecified atom stereocenters. The Morgan fingerprint density at radius 3 is 2.67 bits per heavy atom. The highest BCUT2D eigenvalue weighted by Gasteiger charge is 2.20. The summed E-state index contributed by atoms with van der Waals surface area (Å²) in [5.41, 5.74) is 2.63. The molecular weight excluding hydrogens is 388 g/mol. The Kier molecular flexibility index (Phi) is 5.34. The summed E-state index contributed by atoms with van der Waals surface area (Å²) in [6.45, 7) is 2.18. The molecule has 0 atom stereocenters. The number of hydrogen-bond acceptors (Lipinski definition) is 7. The van der Waals surface area contributed by atoms with Crippen LogP contribution >= 0.6 is 0 Å². The number of methoxy groups -OCH3 is 1. The van der Waals surface area contributed by atoms with Gasteiger partial charge in [0.05, 0.1) is 12.6 Å². The van der Waals surface area contributed by atoms with Gasteiger partial charge >= 0.3 is 7.12 Å². The molecule has 0 aliphatic rings. The van der Waals surface area contributed by atoms with Gasteiger partial charge < -0.3 is 20.1 Å². The van der Waals surface area contributed by atoms with Crippen molar-refractivity contribution in [1.29, 1.82) is 0 Å². The number of halogens is 1. The van der Waals surface area contributed by atoms with Crippen LogP contribution in [0.2, 0.25) is 0 Å². The SMILES string of the molecule is COc1nnc(-n2c(C)cc3c(B(O)O)cccc32)nc1NCc1cccc(F)c1. The average molecular weight is 407 g/mol. The highest BCUT2D eigenvalue weighted by atomic mass is 19.1. The van der Waals surface area contributed by atoms with E-state index in [1.807, 2.05) is 19.1 Å². The van der Waals surface area contributed by atoms with Crippen molar-refractivity contribution in [2.45, 2.75) is 13.5 Å². The van der Waals surface area contributed by atoms with E-state index in [1.54, 1.807) is 28.8 Å². The molecule has 4 rings (SSSR count). The van der Waals surface area contributed by atoms with Crippen LogP contribution in [-0.4, -0.2) is 44.0 Å². The van der Waals surface area contributed by atoms with Gasteiger partial charge in [-0.3, -0.25) is 4.57 Å². The molecule has 10 heteroatoms. The lowest BCUT2D eigenvalue weighted by atomic mass is 9.78. The van der Waals surface area contributed by atoms with Crippen LogP contribution in [0.5, 0.6) is 5.88 Å². The summed E-state index contributed by atoms with van der Waals surface area (Å²) in [7, 11) is -0.133. The van der Waals surface area contributed by atoms with Gasteiger partial charge in [-0.1, -0.05) is 24.3 Å². The highest BCUT2D eigenvalue weighted by Crippen LogP contribution is 2.24. The molecule has 4 aromatic rings. The fourth-order valence-electron chi connectivity index (χ4n) is 3.36. The number of aryl methyl sites for hydroxylation is 1. The molecule has 0 spiro atoms.